The fourth-order valence-corrected chi connectivity index (χ4v) is 3.71. The number of hydrogen-bond acceptors (Lipinski definition) is 4. The molecule has 5 nitrogen and oxygen atoms in total. The van der Waals surface area contributed by atoms with Gasteiger partial charge >= 0.3 is 0 Å². The Morgan fingerprint density at radius 3 is 2.17 bits per heavy atom. The normalized spacial score (nSPS) is 11.9. The predicted octanol–water partition coefficient (Wildman–Crippen LogP) is 4.40. The summed E-state index contributed by atoms with van der Waals surface area (Å²) in [5.74, 6) is 0.669. The number of carbonyl (C=O) groups is 2. The summed E-state index contributed by atoms with van der Waals surface area (Å²) in [6.45, 7) is 5.29. The van der Waals surface area contributed by atoms with Crippen molar-refractivity contribution in [3.63, 3.8) is 0 Å². The minimum Gasteiger partial charge on any atom is -0.497 e. The average molecular weight is 390 g/mol. The van der Waals surface area contributed by atoms with Gasteiger partial charge in [0.05, 0.1) is 25.4 Å². The first kappa shape index (κ1) is 20.6. The largest absolute Gasteiger partial charge is 0.497 e. The zero-order chi connectivity index (χ0) is 21.0. The molecule has 1 heterocycles. The van der Waals surface area contributed by atoms with Crippen molar-refractivity contribution in [1.29, 1.82) is 0 Å². The van der Waals surface area contributed by atoms with Gasteiger partial charge in [-0.1, -0.05) is 42.5 Å². The van der Waals surface area contributed by atoms with Gasteiger partial charge in [0, 0.05) is 11.3 Å². The molecule has 0 amide bonds. The van der Waals surface area contributed by atoms with Crippen molar-refractivity contribution < 1.29 is 14.3 Å². The van der Waals surface area contributed by atoms with Crippen LogP contribution in [0, 0.1) is 13.8 Å². The minimum absolute atomic E-state index is 0.0383. The molecule has 5 heteroatoms. The molecule has 3 aromatic rings. The van der Waals surface area contributed by atoms with E-state index in [9.17, 15) is 9.59 Å². The zero-order valence-corrected chi connectivity index (χ0v) is 17.2. The van der Waals surface area contributed by atoms with Crippen LogP contribution in [0.15, 0.2) is 54.6 Å². The smallest absolute Gasteiger partial charge is 0.193 e. The van der Waals surface area contributed by atoms with E-state index < -0.39 is 0 Å². The predicted molar refractivity (Wildman–Crippen MR) is 114 cm³/mol. The van der Waals surface area contributed by atoms with E-state index in [-0.39, 0.29) is 24.2 Å². The number of aryl methyl sites for hydroxylation is 1. The van der Waals surface area contributed by atoms with Gasteiger partial charge in [-0.3, -0.25) is 14.9 Å². The number of nitrogens with one attached hydrogen (secondary N) is 2. The fraction of sp³-hybridized carbons (Fsp3) is 0.250. The monoisotopic (exact) mass is 390 g/mol. The molecule has 0 radical (unpaired) electrons. The first-order valence-electron chi connectivity index (χ1n) is 9.58. The molecule has 3 rings (SSSR count). The van der Waals surface area contributed by atoms with E-state index in [1.54, 1.807) is 7.11 Å². The van der Waals surface area contributed by atoms with Gasteiger partial charge in [0.2, 0.25) is 0 Å². The number of Topliss-reactive ketones (excluding diaryl/α,β-unsaturated/α-hetero) is 2. The van der Waals surface area contributed by atoms with Crippen molar-refractivity contribution in [2.75, 3.05) is 13.7 Å². The summed E-state index contributed by atoms with van der Waals surface area (Å²) in [5, 5.41) is 3.38. The van der Waals surface area contributed by atoms with Crippen LogP contribution in [-0.2, 0) is 0 Å². The number of carbonyl (C=O) groups excluding carboxylic acids is 2. The molecule has 0 unspecified atom stereocenters. The Morgan fingerprint density at radius 2 is 1.62 bits per heavy atom. The van der Waals surface area contributed by atoms with E-state index >= 15 is 0 Å². The summed E-state index contributed by atoms with van der Waals surface area (Å²) in [4.78, 5) is 27.8. The number of hydrogen-bond donors (Lipinski definition) is 2. The van der Waals surface area contributed by atoms with E-state index in [0.29, 0.717) is 16.8 Å². The van der Waals surface area contributed by atoms with E-state index in [1.165, 1.54) is 6.92 Å². The molecule has 0 spiro atoms. The highest BCUT2D eigenvalue weighted by atomic mass is 16.5. The summed E-state index contributed by atoms with van der Waals surface area (Å²) >= 11 is 0. The van der Waals surface area contributed by atoms with Crippen molar-refractivity contribution in [3.8, 4) is 5.75 Å². The molecule has 0 fully saturated rings. The van der Waals surface area contributed by atoms with Gasteiger partial charge in [-0.15, -0.1) is 0 Å². The Balaban J connectivity index is 1.84. The van der Waals surface area contributed by atoms with Gasteiger partial charge in [-0.05, 0) is 49.6 Å². The zero-order valence-electron chi connectivity index (χ0n) is 17.2. The first-order valence-corrected chi connectivity index (χ1v) is 9.58. The van der Waals surface area contributed by atoms with Gasteiger partial charge in [-0.2, -0.15) is 0 Å². The van der Waals surface area contributed by atoms with Gasteiger partial charge in [-0.25, -0.2) is 0 Å². The summed E-state index contributed by atoms with van der Waals surface area (Å²) in [6, 6.07) is 17.6. The molecule has 0 saturated heterocycles. The molecule has 150 valence electrons. The highest BCUT2D eigenvalue weighted by molar-refractivity contribution is 6.03. The lowest BCUT2D eigenvalue weighted by Crippen LogP contribution is -2.29. The summed E-state index contributed by atoms with van der Waals surface area (Å²) in [6.07, 6.45) is 0. The minimum atomic E-state index is -0.144. The molecule has 0 bridgehead atoms. The van der Waals surface area contributed by atoms with Crippen molar-refractivity contribution in [2.24, 2.45) is 0 Å². The van der Waals surface area contributed by atoms with Gasteiger partial charge in [0.15, 0.2) is 11.6 Å². The van der Waals surface area contributed by atoms with Crippen LogP contribution >= 0.6 is 0 Å². The lowest BCUT2D eigenvalue weighted by molar-refractivity contribution is 0.0983. The SMILES string of the molecule is COc1ccc([C@H](NCC(=O)c2[nH]c(C)c(C(C)=O)c2C)c2ccccc2)cc1. The Morgan fingerprint density at radius 1 is 1.00 bits per heavy atom. The number of ether oxygens (including phenoxy) is 1. The van der Waals surface area contributed by atoms with Crippen LogP contribution in [0.25, 0.3) is 0 Å². The van der Waals surface area contributed by atoms with E-state index in [0.717, 1.165) is 22.6 Å². The number of aromatic nitrogens is 1. The maximum absolute atomic E-state index is 12.9. The molecular formula is C24H26N2O3. The number of H-pyrrole nitrogens is 1. The third-order valence-corrected chi connectivity index (χ3v) is 5.12. The second kappa shape index (κ2) is 8.88. The standard InChI is InChI=1S/C24H26N2O3/c1-15-22(17(3)27)16(2)26-23(15)21(28)14-25-24(18-8-6-5-7-9-18)19-10-12-20(29-4)13-11-19/h5-13,24-26H,14H2,1-4H3/t24-/m1/s1. The number of ketones is 2. The van der Waals surface area contributed by atoms with Crippen LogP contribution in [0.3, 0.4) is 0 Å². The summed E-state index contributed by atoms with van der Waals surface area (Å²) < 4.78 is 5.25. The van der Waals surface area contributed by atoms with Crippen LogP contribution in [-0.4, -0.2) is 30.2 Å². The molecule has 0 saturated carbocycles. The number of rotatable bonds is 8. The molecule has 2 N–H and O–H groups in total. The molecule has 1 atom stereocenters. The molecule has 0 aliphatic carbocycles. The number of benzene rings is 2. The van der Waals surface area contributed by atoms with Crippen LogP contribution in [0.4, 0.5) is 0 Å². The van der Waals surface area contributed by atoms with Crippen LogP contribution in [0.1, 0.15) is 56.2 Å². The highest BCUT2D eigenvalue weighted by Crippen LogP contribution is 2.25. The molecule has 0 aliphatic rings. The second-order valence-corrected chi connectivity index (χ2v) is 7.10. The molecule has 1 aromatic heterocycles. The quantitative estimate of drug-likeness (QED) is 0.559. The molecular weight excluding hydrogens is 364 g/mol. The first-order chi connectivity index (χ1) is 13.9. The maximum atomic E-state index is 12.9. The van der Waals surface area contributed by atoms with E-state index in [2.05, 4.69) is 10.3 Å². The molecule has 2 aromatic carbocycles. The highest BCUT2D eigenvalue weighted by Gasteiger charge is 2.21. The third-order valence-electron chi connectivity index (χ3n) is 5.12. The van der Waals surface area contributed by atoms with Gasteiger partial charge in [0.25, 0.3) is 0 Å². The van der Waals surface area contributed by atoms with Crippen LogP contribution < -0.4 is 10.1 Å². The topological polar surface area (TPSA) is 71.2 Å². The molecule has 0 aliphatic heterocycles. The van der Waals surface area contributed by atoms with Gasteiger partial charge in [0.1, 0.15) is 5.75 Å². The fourth-order valence-electron chi connectivity index (χ4n) is 3.71. The number of methoxy groups -OCH3 is 1. The Bertz CT molecular complexity index is 1000. The summed E-state index contributed by atoms with van der Waals surface area (Å²) in [5.41, 5.74) is 4.63. The van der Waals surface area contributed by atoms with Crippen LogP contribution in [0.5, 0.6) is 5.75 Å². The Kier molecular flexibility index (Phi) is 6.29. The average Bonchev–Trinajstić information content (AvgIpc) is 3.03. The lowest BCUT2D eigenvalue weighted by atomic mass is 9.98. The van der Waals surface area contributed by atoms with E-state index in [4.69, 9.17) is 4.74 Å². The number of aromatic amines is 1. The van der Waals surface area contributed by atoms with Crippen molar-refractivity contribution >= 4 is 11.6 Å². The second-order valence-electron chi connectivity index (χ2n) is 7.10. The third kappa shape index (κ3) is 4.46. The molecule has 29 heavy (non-hydrogen) atoms. The van der Waals surface area contributed by atoms with Crippen molar-refractivity contribution in [3.05, 3.63) is 88.2 Å². The maximum Gasteiger partial charge on any atom is 0.193 e. The lowest BCUT2D eigenvalue weighted by Gasteiger charge is -2.20. The Labute approximate surface area is 171 Å². The van der Waals surface area contributed by atoms with Crippen LogP contribution in [0.2, 0.25) is 0 Å². The van der Waals surface area contributed by atoms with Gasteiger partial charge < -0.3 is 9.72 Å². The summed E-state index contributed by atoms with van der Waals surface area (Å²) in [7, 11) is 1.64. The van der Waals surface area contributed by atoms with Crippen molar-refractivity contribution in [2.45, 2.75) is 26.8 Å². The van der Waals surface area contributed by atoms with Crippen molar-refractivity contribution in [1.82, 2.24) is 10.3 Å². The Hall–Kier alpha value is -3.18. The van der Waals surface area contributed by atoms with E-state index in [1.807, 2.05) is 68.4 Å².